The first-order valence-corrected chi connectivity index (χ1v) is 8.64. The molecule has 1 aromatic carbocycles. The van der Waals surface area contributed by atoms with Gasteiger partial charge in [-0.1, -0.05) is 18.2 Å². The molecule has 5 heteroatoms. The molecule has 2 atom stereocenters. The van der Waals surface area contributed by atoms with E-state index in [1.54, 1.807) is 11.3 Å². The molecule has 0 saturated carbocycles. The van der Waals surface area contributed by atoms with E-state index < -0.39 is 0 Å². The molecule has 0 radical (unpaired) electrons. The number of aryl methyl sites for hydroxylation is 1. The van der Waals surface area contributed by atoms with Gasteiger partial charge in [0.1, 0.15) is 5.01 Å². The van der Waals surface area contributed by atoms with E-state index in [2.05, 4.69) is 44.8 Å². The second-order valence-electron chi connectivity index (χ2n) is 5.96. The number of likely N-dealkylation sites (N-methyl/N-ethyl adjacent to an activating group) is 1. The smallest absolute Gasteiger partial charge is 0.123 e. The van der Waals surface area contributed by atoms with Crippen LogP contribution in [0.4, 0.5) is 0 Å². The molecule has 2 N–H and O–H groups in total. The number of β-amino-alcohol motifs (C(OH)–C–C–N with tert-alkyl or cyclic N) is 1. The van der Waals surface area contributed by atoms with Gasteiger partial charge in [-0.25, -0.2) is 4.98 Å². The van der Waals surface area contributed by atoms with Crippen LogP contribution in [0.2, 0.25) is 0 Å². The summed E-state index contributed by atoms with van der Waals surface area (Å²) in [5.41, 5.74) is 3.52. The largest absolute Gasteiger partial charge is 0.392 e. The maximum Gasteiger partial charge on any atom is 0.123 e. The van der Waals surface area contributed by atoms with Crippen LogP contribution in [0.15, 0.2) is 29.6 Å². The van der Waals surface area contributed by atoms with Gasteiger partial charge in [-0.3, -0.25) is 4.90 Å². The Morgan fingerprint density at radius 2 is 2.36 bits per heavy atom. The fourth-order valence-corrected chi connectivity index (χ4v) is 3.77. The summed E-state index contributed by atoms with van der Waals surface area (Å²) in [6, 6.07) is 8.88. The Morgan fingerprint density at radius 3 is 3.00 bits per heavy atom. The Bertz CT molecular complexity index is 628. The highest BCUT2D eigenvalue weighted by atomic mass is 32.1. The molecule has 1 saturated heterocycles. The number of aliphatic hydroxyl groups is 1. The lowest BCUT2D eigenvalue weighted by Crippen LogP contribution is -2.33. The van der Waals surface area contributed by atoms with Gasteiger partial charge in [-0.15, -0.1) is 11.3 Å². The lowest BCUT2D eigenvalue weighted by molar-refractivity contribution is 0.173. The molecule has 0 spiro atoms. The number of hydrogen-bond donors (Lipinski definition) is 2. The Labute approximate surface area is 135 Å². The molecule has 1 fully saturated rings. The van der Waals surface area contributed by atoms with Crippen molar-refractivity contribution in [1.82, 2.24) is 15.2 Å². The molecule has 3 rings (SSSR count). The summed E-state index contributed by atoms with van der Waals surface area (Å²) in [5, 5.41) is 16.2. The molecular formula is C17H23N3OS. The zero-order valence-corrected chi connectivity index (χ0v) is 13.9. The topological polar surface area (TPSA) is 48.4 Å². The van der Waals surface area contributed by atoms with Crippen LogP contribution >= 0.6 is 11.3 Å². The summed E-state index contributed by atoms with van der Waals surface area (Å²) in [6.07, 6.45) is 0.719. The van der Waals surface area contributed by atoms with Crippen molar-refractivity contribution in [3.63, 3.8) is 0 Å². The number of aliphatic hydroxyl groups excluding tert-OH is 1. The number of rotatable bonds is 5. The minimum atomic E-state index is -0.165. The Hall–Kier alpha value is -1.27. The number of hydrogen-bond acceptors (Lipinski definition) is 5. The quantitative estimate of drug-likeness (QED) is 0.889. The molecule has 0 aliphatic carbocycles. The lowest BCUT2D eigenvalue weighted by Gasteiger charge is -2.23. The van der Waals surface area contributed by atoms with Gasteiger partial charge in [0.2, 0.25) is 0 Å². The fourth-order valence-electron chi connectivity index (χ4n) is 2.97. The molecule has 118 valence electrons. The second kappa shape index (κ2) is 6.87. The van der Waals surface area contributed by atoms with Crippen LogP contribution in [0.25, 0.3) is 10.6 Å². The van der Waals surface area contributed by atoms with E-state index in [4.69, 9.17) is 0 Å². The normalized spacial score (nSPS) is 20.4. The Morgan fingerprint density at radius 1 is 1.50 bits per heavy atom. The van der Waals surface area contributed by atoms with E-state index in [-0.39, 0.29) is 12.1 Å². The third-order valence-corrected chi connectivity index (χ3v) is 5.20. The predicted octanol–water partition coefficient (Wildman–Crippen LogP) is 2.45. The molecule has 1 aromatic heterocycles. The molecule has 4 nitrogen and oxygen atoms in total. The maximum atomic E-state index is 9.68. The van der Waals surface area contributed by atoms with E-state index >= 15 is 0 Å². The van der Waals surface area contributed by atoms with Crippen molar-refractivity contribution < 1.29 is 5.11 Å². The summed E-state index contributed by atoms with van der Waals surface area (Å²) in [7, 11) is 2.00. The molecule has 22 heavy (non-hydrogen) atoms. The highest BCUT2D eigenvalue weighted by Crippen LogP contribution is 2.27. The average molecular weight is 317 g/mol. The lowest BCUT2D eigenvalue weighted by atomic mass is 10.0. The van der Waals surface area contributed by atoms with E-state index in [0.717, 1.165) is 36.8 Å². The standard InChI is InChI=1S/C17H23N3OS/c1-12-11-22-17(19-12)14-5-3-4-13(8-14)16(18-2)10-20-7-6-15(21)9-20/h3-5,8,11,15-16,18,21H,6-7,9-10H2,1-2H3. The highest BCUT2D eigenvalue weighted by Gasteiger charge is 2.23. The van der Waals surface area contributed by atoms with Crippen molar-refractivity contribution >= 4 is 11.3 Å². The summed E-state index contributed by atoms with van der Waals surface area (Å²) in [4.78, 5) is 6.90. The number of nitrogens with one attached hydrogen (secondary N) is 1. The monoisotopic (exact) mass is 317 g/mol. The molecule has 0 amide bonds. The molecular weight excluding hydrogens is 294 g/mol. The van der Waals surface area contributed by atoms with Crippen molar-refractivity contribution in [2.24, 2.45) is 0 Å². The van der Waals surface area contributed by atoms with E-state index in [9.17, 15) is 5.11 Å². The first kappa shape index (κ1) is 15.6. The van der Waals surface area contributed by atoms with Crippen LogP contribution < -0.4 is 5.32 Å². The third kappa shape index (κ3) is 3.55. The number of benzene rings is 1. The maximum absolute atomic E-state index is 9.68. The van der Waals surface area contributed by atoms with Gasteiger partial charge in [-0.05, 0) is 32.0 Å². The molecule has 1 aliphatic heterocycles. The van der Waals surface area contributed by atoms with Crippen molar-refractivity contribution in [3.05, 3.63) is 40.9 Å². The van der Waals surface area contributed by atoms with Crippen molar-refractivity contribution in [2.75, 3.05) is 26.7 Å². The van der Waals surface area contributed by atoms with Gasteiger partial charge >= 0.3 is 0 Å². The van der Waals surface area contributed by atoms with Crippen molar-refractivity contribution in [2.45, 2.75) is 25.5 Å². The Balaban J connectivity index is 1.77. The molecule has 1 aliphatic rings. The molecule has 0 bridgehead atoms. The van der Waals surface area contributed by atoms with Crippen LogP contribution in [-0.4, -0.2) is 47.8 Å². The first-order valence-electron chi connectivity index (χ1n) is 7.76. The van der Waals surface area contributed by atoms with Gasteiger partial charge in [-0.2, -0.15) is 0 Å². The number of nitrogens with zero attached hydrogens (tertiary/aromatic N) is 2. The van der Waals surface area contributed by atoms with Gasteiger partial charge in [0.15, 0.2) is 0 Å². The zero-order chi connectivity index (χ0) is 15.5. The summed E-state index contributed by atoms with van der Waals surface area (Å²) in [6.45, 7) is 4.71. The first-order chi connectivity index (χ1) is 10.7. The van der Waals surface area contributed by atoms with E-state index in [1.165, 1.54) is 11.1 Å². The summed E-state index contributed by atoms with van der Waals surface area (Å²) >= 11 is 1.69. The van der Waals surface area contributed by atoms with Crippen LogP contribution in [0.3, 0.4) is 0 Å². The van der Waals surface area contributed by atoms with Crippen molar-refractivity contribution in [1.29, 1.82) is 0 Å². The van der Waals surface area contributed by atoms with Crippen LogP contribution in [0, 0.1) is 6.92 Å². The second-order valence-corrected chi connectivity index (χ2v) is 6.82. The average Bonchev–Trinajstić information content (AvgIpc) is 3.13. The molecule has 2 heterocycles. The fraction of sp³-hybridized carbons (Fsp3) is 0.471. The van der Waals surface area contributed by atoms with E-state index in [0.29, 0.717) is 0 Å². The van der Waals surface area contributed by atoms with E-state index in [1.807, 2.05) is 14.0 Å². The van der Waals surface area contributed by atoms with Crippen molar-refractivity contribution in [3.8, 4) is 10.6 Å². The Kier molecular flexibility index (Phi) is 4.88. The van der Waals surface area contributed by atoms with Gasteiger partial charge in [0.05, 0.1) is 6.10 Å². The minimum absolute atomic E-state index is 0.165. The van der Waals surface area contributed by atoms with Gasteiger partial charge in [0.25, 0.3) is 0 Å². The summed E-state index contributed by atoms with van der Waals surface area (Å²) < 4.78 is 0. The SMILES string of the molecule is CNC(CN1CCC(O)C1)c1cccc(-c2nc(C)cs2)c1. The number of thiazole rings is 1. The highest BCUT2D eigenvalue weighted by molar-refractivity contribution is 7.13. The predicted molar refractivity (Wildman–Crippen MR) is 91.2 cm³/mol. The molecule has 2 aromatic rings. The van der Waals surface area contributed by atoms with Crippen LogP contribution in [0.5, 0.6) is 0 Å². The van der Waals surface area contributed by atoms with Gasteiger partial charge in [0, 0.05) is 42.3 Å². The van der Waals surface area contributed by atoms with Crippen LogP contribution in [0.1, 0.15) is 23.7 Å². The molecule has 2 unspecified atom stereocenters. The minimum Gasteiger partial charge on any atom is -0.392 e. The number of aromatic nitrogens is 1. The van der Waals surface area contributed by atoms with Gasteiger partial charge < -0.3 is 10.4 Å². The zero-order valence-electron chi connectivity index (χ0n) is 13.1. The summed E-state index contributed by atoms with van der Waals surface area (Å²) in [5.74, 6) is 0. The van der Waals surface area contributed by atoms with Crippen LogP contribution in [-0.2, 0) is 0 Å². The third-order valence-electron chi connectivity index (χ3n) is 4.19. The number of likely N-dealkylation sites (tertiary alicyclic amines) is 1.